The summed E-state index contributed by atoms with van der Waals surface area (Å²) in [6, 6.07) is 6.90. The van der Waals surface area contributed by atoms with E-state index < -0.39 is 0 Å². The van der Waals surface area contributed by atoms with Crippen LogP contribution in [0.2, 0.25) is 0 Å². The first-order chi connectivity index (χ1) is 7.33. The molecule has 4 heteroatoms. The summed E-state index contributed by atoms with van der Waals surface area (Å²) < 4.78 is 13.8. The van der Waals surface area contributed by atoms with Crippen molar-refractivity contribution in [3.05, 3.63) is 35.6 Å². The second-order valence-corrected chi connectivity index (χ2v) is 4.19. The Bertz CT molecular complexity index is 373. The Balaban J connectivity index is 2.08. The molecule has 3 nitrogen and oxygen atoms in total. The molecule has 0 amide bonds. The van der Waals surface area contributed by atoms with Crippen LogP contribution in [0, 0.1) is 11.7 Å². The van der Waals surface area contributed by atoms with Crippen molar-refractivity contribution in [3.63, 3.8) is 0 Å². The van der Waals surface area contributed by atoms with Crippen LogP contribution in [-0.4, -0.2) is 19.7 Å². The summed E-state index contributed by atoms with van der Waals surface area (Å²) in [5.41, 5.74) is 3.32. The normalized spacial score (nSPS) is 34.3. The smallest absolute Gasteiger partial charge is 0.128 e. The summed E-state index contributed by atoms with van der Waals surface area (Å²) in [5, 5.41) is 3.28. The lowest BCUT2D eigenvalue weighted by atomic mass is 9.82. The third-order valence-electron chi connectivity index (χ3n) is 3.38. The minimum absolute atomic E-state index is 0.163. The molecular formula is C11H13FN2O. The molecule has 0 bridgehead atoms. The van der Waals surface area contributed by atoms with Gasteiger partial charge in [0.15, 0.2) is 0 Å². The zero-order chi connectivity index (χ0) is 10.3. The van der Waals surface area contributed by atoms with Crippen LogP contribution in [0.5, 0.6) is 0 Å². The third-order valence-corrected chi connectivity index (χ3v) is 3.38. The van der Waals surface area contributed by atoms with Crippen LogP contribution in [0.1, 0.15) is 5.56 Å². The first-order valence-electron chi connectivity index (χ1n) is 5.17. The predicted octanol–water partition coefficient (Wildman–Crippen LogP) is 0.775. The van der Waals surface area contributed by atoms with Crippen LogP contribution >= 0.6 is 0 Å². The highest BCUT2D eigenvalue weighted by molar-refractivity contribution is 5.30. The number of hydroxylamine groups is 1. The molecule has 2 fully saturated rings. The van der Waals surface area contributed by atoms with Gasteiger partial charge in [0, 0.05) is 24.6 Å². The van der Waals surface area contributed by atoms with Gasteiger partial charge in [0.05, 0.1) is 12.1 Å². The Hall–Kier alpha value is -0.970. The van der Waals surface area contributed by atoms with E-state index in [1.54, 1.807) is 6.07 Å². The summed E-state index contributed by atoms with van der Waals surface area (Å²) >= 11 is 0. The van der Waals surface area contributed by atoms with Crippen molar-refractivity contribution in [1.82, 2.24) is 10.8 Å². The summed E-state index contributed by atoms with van der Waals surface area (Å²) in [5.74, 6) is 0.151. The molecule has 1 unspecified atom stereocenters. The standard InChI is InChI=1S/C11H13FN2O/c12-10-4-2-1-3-9(10)11-7-13-5-8(11)6-15-14-11/h1-4,8,13-14H,5-7H2/t8?,11-/m0/s1. The average molecular weight is 208 g/mol. The van der Waals surface area contributed by atoms with Crippen LogP contribution in [0.3, 0.4) is 0 Å². The fourth-order valence-electron chi connectivity index (χ4n) is 2.55. The lowest BCUT2D eigenvalue weighted by Crippen LogP contribution is -2.43. The highest BCUT2D eigenvalue weighted by Crippen LogP contribution is 2.37. The predicted molar refractivity (Wildman–Crippen MR) is 53.5 cm³/mol. The Morgan fingerprint density at radius 2 is 2.27 bits per heavy atom. The molecule has 2 aliphatic heterocycles. The summed E-state index contributed by atoms with van der Waals surface area (Å²) in [4.78, 5) is 5.27. The quantitative estimate of drug-likeness (QED) is 0.715. The number of nitrogens with one attached hydrogen (secondary N) is 2. The van der Waals surface area contributed by atoms with Crippen molar-refractivity contribution in [2.75, 3.05) is 19.7 Å². The number of fused-ring (bicyclic) bond motifs is 1. The Morgan fingerprint density at radius 1 is 1.40 bits per heavy atom. The maximum absolute atomic E-state index is 13.8. The first kappa shape index (κ1) is 9.27. The van der Waals surface area contributed by atoms with E-state index in [0.717, 1.165) is 13.1 Å². The van der Waals surface area contributed by atoms with Gasteiger partial charge in [-0.25, -0.2) is 4.39 Å². The molecule has 0 spiro atoms. The number of hydrogen-bond acceptors (Lipinski definition) is 3. The molecule has 2 saturated heterocycles. The third kappa shape index (κ3) is 1.22. The van der Waals surface area contributed by atoms with Crippen LogP contribution < -0.4 is 10.8 Å². The van der Waals surface area contributed by atoms with E-state index in [9.17, 15) is 4.39 Å². The van der Waals surface area contributed by atoms with E-state index in [2.05, 4.69) is 10.8 Å². The second-order valence-electron chi connectivity index (χ2n) is 4.19. The summed E-state index contributed by atoms with van der Waals surface area (Å²) in [7, 11) is 0. The van der Waals surface area contributed by atoms with Crippen molar-refractivity contribution in [2.24, 2.45) is 5.92 Å². The number of halogens is 1. The molecule has 15 heavy (non-hydrogen) atoms. The van der Waals surface area contributed by atoms with Gasteiger partial charge in [0.25, 0.3) is 0 Å². The van der Waals surface area contributed by atoms with Crippen molar-refractivity contribution in [1.29, 1.82) is 0 Å². The molecule has 80 valence electrons. The number of hydrogen-bond donors (Lipinski definition) is 2. The van der Waals surface area contributed by atoms with E-state index in [0.29, 0.717) is 18.1 Å². The molecule has 2 aliphatic rings. The van der Waals surface area contributed by atoms with Gasteiger partial charge >= 0.3 is 0 Å². The van der Waals surface area contributed by atoms with Gasteiger partial charge in [-0.1, -0.05) is 18.2 Å². The van der Waals surface area contributed by atoms with Crippen LogP contribution in [0.15, 0.2) is 24.3 Å². The molecule has 0 saturated carbocycles. The molecule has 2 atom stereocenters. The molecular weight excluding hydrogens is 195 g/mol. The average Bonchev–Trinajstić information content (AvgIpc) is 2.77. The monoisotopic (exact) mass is 208 g/mol. The van der Waals surface area contributed by atoms with Gasteiger partial charge in [-0.3, -0.25) is 0 Å². The molecule has 0 aromatic heterocycles. The topological polar surface area (TPSA) is 33.3 Å². The molecule has 0 radical (unpaired) electrons. The maximum atomic E-state index is 13.8. The van der Waals surface area contributed by atoms with Crippen LogP contribution in [0.25, 0.3) is 0 Å². The minimum Gasteiger partial charge on any atom is -0.314 e. The van der Waals surface area contributed by atoms with E-state index in [4.69, 9.17) is 4.84 Å². The molecule has 3 rings (SSSR count). The molecule has 2 heterocycles. The Morgan fingerprint density at radius 3 is 3.13 bits per heavy atom. The molecule has 1 aromatic rings. The second kappa shape index (κ2) is 3.27. The van der Waals surface area contributed by atoms with Gasteiger partial charge < -0.3 is 10.2 Å². The molecule has 0 aliphatic carbocycles. The van der Waals surface area contributed by atoms with E-state index >= 15 is 0 Å². The van der Waals surface area contributed by atoms with Crippen LogP contribution in [-0.2, 0) is 10.4 Å². The fourth-order valence-corrected chi connectivity index (χ4v) is 2.55. The van der Waals surface area contributed by atoms with Crippen molar-refractivity contribution >= 4 is 0 Å². The molecule has 1 aromatic carbocycles. The Labute approximate surface area is 87.6 Å². The van der Waals surface area contributed by atoms with Gasteiger partial charge in [-0.2, -0.15) is 5.48 Å². The first-order valence-corrected chi connectivity index (χ1v) is 5.17. The fraction of sp³-hybridized carbons (Fsp3) is 0.455. The number of rotatable bonds is 1. The van der Waals surface area contributed by atoms with Gasteiger partial charge in [0.1, 0.15) is 5.82 Å². The zero-order valence-electron chi connectivity index (χ0n) is 8.29. The van der Waals surface area contributed by atoms with Gasteiger partial charge in [-0.15, -0.1) is 0 Å². The lowest BCUT2D eigenvalue weighted by Gasteiger charge is -2.27. The lowest BCUT2D eigenvalue weighted by molar-refractivity contribution is 0.0589. The number of benzene rings is 1. The SMILES string of the molecule is Fc1ccccc1[C@]12CNCC1CON2. The van der Waals surface area contributed by atoms with Gasteiger partial charge in [-0.05, 0) is 6.07 Å². The zero-order valence-corrected chi connectivity index (χ0v) is 8.29. The van der Waals surface area contributed by atoms with Crippen LogP contribution in [0.4, 0.5) is 4.39 Å². The largest absolute Gasteiger partial charge is 0.314 e. The summed E-state index contributed by atoms with van der Waals surface area (Å²) in [6.07, 6.45) is 0. The minimum atomic E-state index is -0.370. The summed E-state index contributed by atoms with van der Waals surface area (Å²) in [6.45, 7) is 2.24. The highest BCUT2D eigenvalue weighted by Gasteiger charge is 2.50. The van der Waals surface area contributed by atoms with Crippen molar-refractivity contribution < 1.29 is 9.23 Å². The van der Waals surface area contributed by atoms with Crippen molar-refractivity contribution in [3.8, 4) is 0 Å². The van der Waals surface area contributed by atoms with E-state index in [-0.39, 0.29) is 11.4 Å². The van der Waals surface area contributed by atoms with Crippen molar-refractivity contribution in [2.45, 2.75) is 5.54 Å². The van der Waals surface area contributed by atoms with E-state index in [1.807, 2.05) is 12.1 Å². The molecule has 2 N–H and O–H groups in total. The van der Waals surface area contributed by atoms with Gasteiger partial charge in [0.2, 0.25) is 0 Å². The van der Waals surface area contributed by atoms with E-state index in [1.165, 1.54) is 6.07 Å². The Kier molecular flexibility index (Phi) is 2.02. The maximum Gasteiger partial charge on any atom is 0.128 e. The highest BCUT2D eigenvalue weighted by atomic mass is 19.1.